The van der Waals surface area contributed by atoms with Crippen molar-refractivity contribution in [3.05, 3.63) is 12.7 Å². The second-order valence-electron chi connectivity index (χ2n) is 2.71. The third-order valence-electron chi connectivity index (χ3n) is 1.54. The lowest BCUT2D eigenvalue weighted by Crippen LogP contribution is -2.18. The van der Waals surface area contributed by atoms with Gasteiger partial charge in [0.25, 0.3) is 0 Å². The average Bonchev–Trinajstić information content (AvgIpc) is 1.81. The number of carbonyl (C=O) groups is 1. The summed E-state index contributed by atoms with van der Waals surface area (Å²) in [4.78, 5) is 10.5. The van der Waals surface area contributed by atoms with Gasteiger partial charge in [0, 0.05) is 0 Å². The normalized spacial score (nSPS) is 13.1. The molecule has 0 aromatic rings. The van der Waals surface area contributed by atoms with Crippen LogP contribution in [-0.4, -0.2) is 11.1 Å². The van der Waals surface area contributed by atoms with E-state index in [1.54, 1.807) is 6.08 Å². The standard InChI is InChI=1S/C8H14O2/c1-4-5-7(6(2)3)8(9)10/h4,6-7H,1,5H2,2-3H3,(H,9,10)/t7-/m0/s1. The molecule has 0 amide bonds. The van der Waals surface area contributed by atoms with E-state index in [1.165, 1.54) is 0 Å². The summed E-state index contributed by atoms with van der Waals surface area (Å²) in [5, 5.41) is 8.63. The van der Waals surface area contributed by atoms with E-state index in [9.17, 15) is 4.79 Å². The van der Waals surface area contributed by atoms with Crippen molar-refractivity contribution in [1.82, 2.24) is 0 Å². The topological polar surface area (TPSA) is 37.3 Å². The molecule has 0 rings (SSSR count). The summed E-state index contributed by atoms with van der Waals surface area (Å²) in [7, 11) is 0. The summed E-state index contributed by atoms with van der Waals surface area (Å²) < 4.78 is 0. The predicted octanol–water partition coefficient (Wildman–Crippen LogP) is 1.92. The van der Waals surface area contributed by atoms with Gasteiger partial charge in [-0.15, -0.1) is 6.58 Å². The molecule has 0 aromatic heterocycles. The lowest BCUT2D eigenvalue weighted by Gasteiger charge is -2.12. The predicted molar refractivity (Wildman–Crippen MR) is 40.8 cm³/mol. The van der Waals surface area contributed by atoms with Gasteiger partial charge < -0.3 is 5.11 Å². The highest BCUT2D eigenvalue weighted by molar-refractivity contribution is 5.70. The van der Waals surface area contributed by atoms with E-state index in [2.05, 4.69) is 6.58 Å². The van der Waals surface area contributed by atoms with Crippen molar-refractivity contribution in [2.45, 2.75) is 20.3 Å². The number of aliphatic carboxylic acids is 1. The molecule has 0 spiro atoms. The number of hydrogen-bond donors (Lipinski definition) is 1. The summed E-state index contributed by atoms with van der Waals surface area (Å²) in [6, 6.07) is 0. The highest BCUT2D eigenvalue weighted by Gasteiger charge is 2.18. The minimum absolute atomic E-state index is 0.190. The molecule has 2 nitrogen and oxygen atoms in total. The Morgan fingerprint density at radius 3 is 2.30 bits per heavy atom. The summed E-state index contributed by atoms with van der Waals surface area (Å²) in [6.45, 7) is 7.31. The second-order valence-corrected chi connectivity index (χ2v) is 2.71. The van der Waals surface area contributed by atoms with Crippen LogP contribution in [0.25, 0.3) is 0 Å². The molecule has 0 saturated heterocycles. The van der Waals surface area contributed by atoms with Crippen LogP contribution in [0.5, 0.6) is 0 Å². The Morgan fingerprint density at radius 2 is 2.20 bits per heavy atom. The van der Waals surface area contributed by atoms with E-state index < -0.39 is 5.97 Å². The molecule has 1 N–H and O–H groups in total. The van der Waals surface area contributed by atoms with Gasteiger partial charge in [0.05, 0.1) is 5.92 Å². The van der Waals surface area contributed by atoms with Crippen molar-refractivity contribution >= 4 is 5.97 Å². The van der Waals surface area contributed by atoms with Crippen LogP contribution in [0.3, 0.4) is 0 Å². The van der Waals surface area contributed by atoms with Crippen molar-refractivity contribution in [3.8, 4) is 0 Å². The molecule has 0 heterocycles. The van der Waals surface area contributed by atoms with E-state index in [1.807, 2.05) is 13.8 Å². The molecule has 0 aromatic carbocycles. The second kappa shape index (κ2) is 4.09. The Hall–Kier alpha value is -0.790. The number of rotatable bonds is 4. The molecule has 58 valence electrons. The molecule has 0 aliphatic carbocycles. The van der Waals surface area contributed by atoms with Crippen LogP contribution in [0, 0.1) is 11.8 Å². The fraction of sp³-hybridized carbons (Fsp3) is 0.625. The van der Waals surface area contributed by atoms with Crippen LogP contribution in [-0.2, 0) is 4.79 Å². The van der Waals surface area contributed by atoms with Crippen LogP contribution in [0.2, 0.25) is 0 Å². The Kier molecular flexibility index (Phi) is 3.77. The quantitative estimate of drug-likeness (QED) is 0.609. The van der Waals surface area contributed by atoms with Crippen LogP contribution in [0.4, 0.5) is 0 Å². The molecule has 0 unspecified atom stereocenters. The SMILES string of the molecule is C=CC[C@H](C(=O)O)C(C)C. The Morgan fingerprint density at radius 1 is 1.70 bits per heavy atom. The summed E-state index contributed by atoms with van der Waals surface area (Å²) in [5.41, 5.74) is 0. The summed E-state index contributed by atoms with van der Waals surface area (Å²) in [6.07, 6.45) is 2.21. The zero-order valence-corrected chi connectivity index (χ0v) is 6.50. The maximum atomic E-state index is 10.5. The molecule has 0 fully saturated rings. The maximum absolute atomic E-state index is 10.5. The molecule has 0 saturated carbocycles. The smallest absolute Gasteiger partial charge is 0.307 e. The Labute approximate surface area is 61.6 Å². The molecular formula is C8H14O2. The lowest BCUT2D eigenvalue weighted by atomic mass is 9.93. The number of carboxylic acid groups (broad SMARTS) is 1. The van der Waals surface area contributed by atoms with E-state index in [0.717, 1.165) is 0 Å². The number of allylic oxidation sites excluding steroid dienone is 1. The van der Waals surface area contributed by atoms with Crippen molar-refractivity contribution < 1.29 is 9.90 Å². The molecular weight excluding hydrogens is 128 g/mol. The van der Waals surface area contributed by atoms with Gasteiger partial charge in [0.2, 0.25) is 0 Å². The molecule has 0 radical (unpaired) electrons. The minimum atomic E-state index is -0.727. The summed E-state index contributed by atoms with van der Waals surface area (Å²) in [5.74, 6) is -0.803. The molecule has 0 aliphatic rings. The first-order valence-corrected chi connectivity index (χ1v) is 3.43. The van der Waals surface area contributed by atoms with Crippen molar-refractivity contribution in [1.29, 1.82) is 0 Å². The fourth-order valence-corrected chi connectivity index (χ4v) is 0.838. The monoisotopic (exact) mass is 142 g/mol. The molecule has 0 bridgehead atoms. The minimum Gasteiger partial charge on any atom is -0.481 e. The van der Waals surface area contributed by atoms with Crippen molar-refractivity contribution in [2.24, 2.45) is 11.8 Å². The van der Waals surface area contributed by atoms with Gasteiger partial charge in [0.15, 0.2) is 0 Å². The van der Waals surface area contributed by atoms with Gasteiger partial charge in [0.1, 0.15) is 0 Å². The van der Waals surface area contributed by atoms with Crippen LogP contribution in [0.1, 0.15) is 20.3 Å². The Bertz CT molecular complexity index is 127. The molecule has 0 aliphatic heterocycles. The van der Waals surface area contributed by atoms with Crippen LogP contribution < -0.4 is 0 Å². The first-order valence-electron chi connectivity index (χ1n) is 3.43. The van der Waals surface area contributed by atoms with E-state index in [4.69, 9.17) is 5.11 Å². The van der Waals surface area contributed by atoms with E-state index >= 15 is 0 Å². The van der Waals surface area contributed by atoms with Crippen molar-refractivity contribution in [3.63, 3.8) is 0 Å². The van der Waals surface area contributed by atoms with Crippen LogP contribution in [0.15, 0.2) is 12.7 Å². The third kappa shape index (κ3) is 2.67. The van der Waals surface area contributed by atoms with E-state index in [-0.39, 0.29) is 11.8 Å². The summed E-state index contributed by atoms with van der Waals surface area (Å²) >= 11 is 0. The van der Waals surface area contributed by atoms with E-state index in [0.29, 0.717) is 6.42 Å². The largest absolute Gasteiger partial charge is 0.481 e. The van der Waals surface area contributed by atoms with Gasteiger partial charge in [-0.25, -0.2) is 0 Å². The maximum Gasteiger partial charge on any atom is 0.307 e. The first kappa shape index (κ1) is 9.21. The average molecular weight is 142 g/mol. The van der Waals surface area contributed by atoms with Gasteiger partial charge in [-0.2, -0.15) is 0 Å². The number of hydrogen-bond acceptors (Lipinski definition) is 1. The highest BCUT2D eigenvalue weighted by atomic mass is 16.4. The highest BCUT2D eigenvalue weighted by Crippen LogP contribution is 2.15. The van der Waals surface area contributed by atoms with Gasteiger partial charge in [-0.3, -0.25) is 4.79 Å². The van der Waals surface area contributed by atoms with Crippen LogP contribution >= 0.6 is 0 Å². The molecule has 2 heteroatoms. The zero-order valence-electron chi connectivity index (χ0n) is 6.50. The van der Waals surface area contributed by atoms with Gasteiger partial charge >= 0.3 is 5.97 Å². The number of carboxylic acids is 1. The fourth-order valence-electron chi connectivity index (χ4n) is 0.838. The Balaban J connectivity index is 3.97. The zero-order chi connectivity index (χ0) is 8.15. The molecule has 1 atom stereocenters. The lowest BCUT2D eigenvalue weighted by molar-refractivity contribution is -0.143. The first-order chi connectivity index (χ1) is 4.59. The third-order valence-corrected chi connectivity index (χ3v) is 1.54. The molecule has 10 heavy (non-hydrogen) atoms. The van der Waals surface area contributed by atoms with Gasteiger partial charge in [-0.05, 0) is 12.3 Å². The van der Waals surface area contributed by atoms with Gasteiger partial charge in [-0.1, -0.05) is 19.9 Å². The van der Waals surface area contributed by atoms with Crippen molar-refractivity contribution in [2.75, 3.05) is 0 Å².